The number of fused-ring (bicyclic) bond motifs is 2. The third-order valence-corrected chi connectivity index (χ3v) is 6.86. The molecular weight excluding hydrogens is 384 g/mol. The summed E-state index contributed by atoms with van der Waals surface area (Å²) in [5.74, 6) is 2.31. The number of imidazole rings is 1. The minimum absolute atomic E-state index is 0.115. The van der Waals surface area contributed by atoms with Crippen LogP contribution >= 0.6 is 11.3 Å². The molecule has 1 aliphatic rings. The van der Waals surface area contributed by atoms with Crippen LogP contribution in [0.15, 0.2) is 42.6 Å². The number of benzene rings is 1. The first-order chi connectivity index (χ1) is 14.2. The molecule has 0 unspecified atom stereocenters. The topological polar surface area (TPSA) is 71.7 Å². The van der Waals surface area contributed by atoms with Crippen molar-refractivity contribution in [1.29, 1.82) is 0 Å². The normalized spacial score (nSPS) is 19.7. The van der Waals surface area contributed by atoms with Crippen molar-refractivity contribution in [2.24, 2.45) is 5.92 Å². The van der Waals surface area contributed by atoms with E-state index in [1.807, 2.05) is 28.9 Å². The number of aliphatic hydroxyl groups excluding tert-OH is 1. The van der Waals surface area contributed by atoms with Crippen molar-refractivity contribution >= 4 is 32.9 Å². The SMILES string of the molecule is COc1ccc2sc(-c3cnc4ccc(NCC5CCC(O)CC5)nn34)cc2c1. The number of ether oxygens (including phenoxy) is 1. The van der Waals surface area contributed by atoms with Crippen molar-refractivity contribution in [3.63, 3.8) is 0 Å². The maximum Gasteiger partial charge on any atom is 0.154 e. The van der Waals surface area contributed by atoms with Gasteiger partial charge in [-0.1, -0.05) is 0 Å². The average molecular weight is 409 g/mol. The van der Waals surface area contributed by atoms with Crippen molar-refractivity contribution in [1.82, 2.24) is 14.6 Å². The third kappa shape index (κ3) is 3.68. The number of nitrogens with one attached hydrogen (secondary N) is 1. The van der Waals surface area contributed by atoms with Crippen LogP contribution in [-0.2, 0) is 0 Å². The van der Waals surface area contributed by atoms with E-state index in [-0.39, 0.29) is 6.10 Å². The van der Waals surface area contributed by atoms with Gasteiger partial charge in [0.15, 0.2) is 5.65 Å². The number of anilines is 1. The van der Waals surface area contributed by atoms with Crippen LogP contribution in [-0.4, -0.2) is 39.5 Å². The summed E-state index contributed by atoms with van der Waals surface area (Å²) < 4.78 is 8.47. The van der Waals surface area contributed by atoms with Crippen LogP contribution in [0.1, 0.15) is 25.7 Å². The molecule has 0 atom stereocenters. The Morgan fingerprint density at radius 3 is 2.86 bits per heavy atom. The molecule has 1 saturated carbocycles. The molecule has 5 rings (SSSR count). The lowest BCUT2D eigenvalue weighted by Crippen LogP contribution is -2.23. The molecule has 0 saturated heterocycles. The van der Waals surface area contributed by atoms with Crippen molar-refractivity contribution in [2.75, 3.05) is 19.0 Å². The Morgan fingerprint density at radius 2 is 2.03 bits per heavy atom. The number of thiophene rings is 1. The van der Waals surface area contributed by atoms with Crippen LogP contribution in [0, 0.1) is 5.92 Å². The molecule has 1 aliphatic carbocycles. The van der Waals surface area contributed by atoms with Gasteiger partial charge in [0.1, 0.15) is 17.3 Å². The van der Waals surface area contributed by atoms with Gasteiger partial charge in [0.25, 0.3) is 0 Å². The zero-order valence-corrected chi connectivity index (χ0v) is 17.2. The first-order valence-electron chi connectivity index (χ1n) is 10.0. The van der Waals surface area contributed by atoms with Crippen molar-refractivity contribution in [3.05, 3.63) is 42.6 Å². The molecule has 7 heteroatoms. The Morgan fingerprint density at radius 1 is 1.17 bits per heavy atom. The molecule has 29 heavy (non-hydrogen) atoms. The molecule has 4 aromatic rings. The van der Waals surface area contributed by atoms with Gasteiger partial charge < -0.3 is 15.2 Å². The smallest absolute Gasteiger partial charge is 0.154 e. The molecule has 0 bridgehead atoms. The zero-order chi connectivity index (χ0) is 19.8. The Bertz CT molecular complexity index is 1140. The predicted molar refractivity (Wildman–Crippen MR) is 117 cm³/mol. The minimum atomic E-state index is -0.115. The van der Waals surface area contributed by atoms with Crippen molar-refractivity contribution in [2.45, 2.75) is 31.8 Å². The highest BCUT2D eigenvalue weighted by Crippen LogP contribution is 2.35. The molecule has 1 aromatic carbocycles. The number of hydrogen-bond acceptors (Lipinski definition) is 6. The quantitative estimate of drug-likeness (QED) is 0.506. The molecular formula is C22H24N4O2S. The van der Waals surface area contributed by atoms with Crippen LogP contribution in [0.25, 0.3) is 26.3 Å². The highest BCUT2D eigenvalue weighted by molar-refractivity contribution is 7.22. The Kier molecular flexibility index (Phi) is 4.85. The van der Waals surface area contributed by atoms with Crippen LogP contribution in [0.2, 0.25) is 0 Å². The first-order valence-corrected chi connectivity index (χ1v) is 10.9. The van der Waals surface area contributed by atoms with Gasteiger partial charge in [0.05, 0.1) is 24.3 Å². The molecule has 3 aromatic heterocycles. The summed E-state index contributed by atoms with van der Waals surface area (Å²) >= 11 is 1.73. The maximum atomic E-state index is 9.68. The zero-order valence-electron chi connectivity index (χ0n) is 16.3. The number of nitrogens with zero attached hydrogens (tertiary/aromatic N) is 3. The van der Waals surface area contributed by atoms with Gasteiger partial charge >= 0.3 is 0 Å². The summed E-state index contributed by atoms with van der Waals surface area (Å²) in [6.07, 6.45) is 5.71. The lowest BCUT2D eigenvalue weighted by Gasteiger charge is -2.25. The molecule has 0 aliphatic heterocycles. The van der Waals surface area contributed by atoms with E-state index in [9.17, 15) is 5.11 Å². The summed E-state index contributed by atoms with van der Waals surface area (Å²) in [5, 5.41) is 19.1. The molecule has 2 N–H and O–H groups in total. The summed E-state index contributed by atoms with van der Waals surface area (Å²) in [6.45, 7) is 0.887. The van der Waals surface area contributed by atoms with E-state index < -0.39 is 0 Å². The van der Waals surface area contributed by atoms with Gasteiger partial charge in [-0.2, -0.15) is 0 Å². The Balaban J connectivity index is 1.41. The average Bonchev–Trinajstić information content (AvgIpc) is 3.36. The predicted octanol–water partition coefficient (Wildman–Crippen LogP) is 4.58. The van der Waals surface area contributed by atoms with E-state index in [2.05, 4.69) is 28.5 Å². The summed E-state index contributed by atoms with van der Waals surface area (Å²) in [5.41, 5.74) is 1.82. The van der Waals surface area contributed by atoms with Crippen LogP contribution in [0.3, 0.4) is 0 Å². The highest BCUT2D eigenvalue weighted by atomic mass is 32.1. The maximum absolute atomic E-state index is 9.68. The first kappa shape index (κ1) is 18.4. The van der Waals surface area contributed by atoms with Gasteiger partial charge in [-0.25, -0.2) is 9.50 Å². The largest absolute Gasteiger partial charge is 0.497 e. The summed E-state index contributed by atoms with van der Waals surface area (Å²) in [6, 6.07) is 12.3. The van der Waals surface area contributed by atoms with Gasteiger partial charge in [0.2, 0.25) is 0 Å². The van der Waals surface area contributed by atoms with E-state index in [4.69, 9.17) is 9.84 Å². The van der Waals surface area contributed by atoms with Crippen LogP contribution in [0.4, 0.5) is 5.82 Å². The number of rotatable bonds is 5. The highest BCUT2D eigenvalue weighted by Gasteiger charge is 2.19. The fraction of sp³-hybridized carbons (Fsp3) is 0.364. The molecule has 0 radical (unpaired) electrons. The van der Waals surface area contributed by atoms with Gasteiger partial charge in [-0.05, 0) is 73.4 Å². The monoisotopic (exact) mass is 408 g/mol. The number of methoxy groups -OCH3 is 1. The van der Waals surface area contributed by atoms with Crippen molar-refractivity contribution < 1.29 is 9.84 Å². The molecule has 3 heterocycles. The van der Waals surface area contributed by atoms with Crippen molar-refractivity contribution in [3.8, 4) is 16.3 Å². The lowest BCUT2D eigenvalue weighted by atomic mass is 9.87. The standard InChI is InChI=1S/C22H24N4O2S/c1-28-17-6-7-19-15(10-17)11-20(29-19)18-13-24-22-9-8-21(25-26(18)22)23-12-14-2-4-16(27)5-3-14/h6-11,13-14,16,27H,2-5,12H2,1H3,(H,23,25). The van der Waals surface area contributed by atoms with E-state index in [1.165, 1.54) is 4.70 Å². The summed E-state index contributed by atoms with van der Waals surface area (Å²) in [4.78, 5) is 5.66. The van der Waals surface area contributed by atoms with E-state index in [0.29, 0.717) is 5.92 Å². The third-order valence-electron chi connectivity index (χ3n) is 5.73. The van der Waals surface area contributed by atoms with E-state index in [0.717, 1.165) is 65.4 Å². The second-order valence-corrected chi connectivity index (χ2v) is 8.79. The fourth-order valence-electron chi connectivity index (χ4n) is 4.01. The van der Waals surface area contributed by atoms with Crippen LogP contribution < -0.4 is 10.1 Å². The van der Waals surface area contributed by atoms with Gasteiger partial charge in [-0.3, -0.25) is 0 Å². The summed E-state index contributed by atoms with van der Waals surface area (Å²) in [7, 11) is 1.69. The fourth-order valence-corrected chi connectivity index (χ4v) is 5.05. The Hall–Kier alpha value is -2.64. The molecule has 6 nitrogen and oxygen atoms in total. The molecule has 0 amide bonds. The Labute approximate surface area is 173 Å². The number of hydrogen-bond donors (Lipinski definition) is 2. The molecule has 150 valence electrons. The van der Waals surface area contributed by atoms with Crippen LogP contribution in [0.5, 0.6) is 5.75 Å². The van der Waals surface area contributed by atoms with E-state index in [1.54, 1.807) is 18.4 Å². The molecule has 1 fully saturated rings. The van der Waals surface area contributed by atoms with E-state index >= 15 is 0 Å². The molecule has 0 spiro atoms. The second-order valence-electron chi connectivity index (χ2n) is 7.70. The number of aliphatic hydroxyl groups is 1. The number of aromatic nitrogens is 3. The minimum Gasteiger partial charge on any atom is -0.497 e. The lowest BCUT2D eigenvalue weighted by molar-refractivity contribution is 0.111. The van der Waals surface area contributed by atoms with Gasteiger partial charge in [0, 0.05) is 11.2 Å². The van der Waals surface area contributed by atoms with Gasteiger partial charge in [-0.15, -0.1) is 16.4 Å². The second kappa shape index (κ2) is 7.65.